The van der Waals surface area contributed by atoms with Crippen molar-refractivity contribution in [3.8, 4) is 0 Å². The molecule has 5 heteroatoms. The van der Waals surface area contributed by atoms with Gasteiger partial charge in [-0.3, -0.25) is 19.3 Å². The first-order valence-corrected chi connectivity index (χ1v) is 7.00. The minimum absolute atomic E-state index is 0.0803. The molecule has 1 unspecified atom stereocenters. The van der Waals surface area contributed by atoms with E-state index in [1.807, 2.05) is 0 Å². The first kappa shape index (κ1) is 14.0. The molecular weight excluding hydrogens is 246 g/mol. The fourth-order valence-electron chi connectivity index (χ4n) is 3.21. The smallest absolute Gasteiger partial charge is 0.306 e. The first-order chi connectivity index (χ1) is 8.93. The van der Waals surface area contributed by atoms with E-state index in [1.54, 1.807) is 6.92 Å². The fourth-order valence-corrected chi connectivity index (χ4v) is 3.21. The van der Waals surface area contributed by atoms with E-state index in [0.29, 0.717) is 19.3 Å². The zero-order chi connectivity index (χ0) is 14.0. The minimum Gasteiger partial charge on any atom is -0.481 e. The molecule has 106 valence electrons. The van der Waals surface area contributed by atoms with E-state index in [2.05, 4.69) is 0 Å². The Labute approximate surface area is 113 Å². The number of carbonyl (C=O) groups is 3. The molecule has 1 N–H and O–H groups in total. The molecular formula is C14H21NO4. The Bertz CT molecular complexity index is 378. The number of amides is 2. The SMILES string of the molecule is CC(CCN1C(=O)CC2(CCCC2)CC1=O)C(=O)O. The van der Waals surface area contributed by atoms with Gasteiger partial charge in [-0.05, 0) is 24.7 Å². The van der Waals surface area contributed by atoms with Crippen LogP contribution in [0.15, 0.2) is 0 Å². The van der Waals surface area contributed by atoms with Crippen LogP contribution in [0.5, 0.6) is 0 Å². The molecule has 1 saturated carbocycles. The molecule has 5 nitrogen and oxygen atoms in total. The van der Waals surface area contributed by atoms with Crippen molar-refractivity contribution in [2.75, 3.05) is 6.54 Å². The molecule has 2 fully saturated rings. The van der Waals surface area contributed by atoms with Crippen LogP contribution in [0, 0.1) is 11.3 Å². The summed E-state index contributed by atoms with van der Waals surface area (Å²) < 4.78 is 0. The zero-order valence-electron chi connectivity index (χ0n) is 11.4. The second-order valence-electron chi connectivity index (χ2n) is 6.03. The van der Waals surface area contributed by atoms with Crippen molar-refractivity contribution >= 4 is 17.8 Å². The predicted molar refractivity (Wildman–Crippen MR) is 68.3 cm³/mol. The van der Waals surface area contributed by atoms with Crippen molar-refractivity contribution in [1.82, 2.24) is 4.90 Å². The lowest BCUT2D eigenvalue weighted by atomic mass is 9.76. The van der Waals surface area contributed by atoms with Crippen LogP contribution in [0.1, 0.15) is 51.9 Å². The Morgan fingerprint density at radius 3 is 2.26 bits per heavy atom. The second kappa shape index (κ2) is 5.31. The average molecular weight is 267 g/mol. The summed E-state index contributed by atoms with van der Waals surface area (Å²) in [5, 5.41) is 8.82. The number of carbonyl (C=O) groups excluding carboxylic acids is 2. The quantitative estimate of drug-likeness (QED) is 0.788. The molecule has 0 aromatic heterocycles. The molecule has 1 spiro atoms. The molecule has 1 aliphatic heterocycles. The van der Waals surface area contributed by atoms with E-state index in [9.17, 15) is 14.4 Å². The van der Waals surface area contributed by atoms with Gasteiger partial charge in [0.2, 0.25) is 11.8 Å². The van der Waals surface area contributed by atoms with Crippen LogP contribution in [0.3, 0.4) is 0 Å². The average Bonchev–Trinajstić information content (AvgIpc) is 2.75. The van der Waals surface area contributed by atoms with E-state index in [4.69, 9.17) is 5.11 Å². The number of imide groups is 1. The van der Waals surface area contributed by atoms with Crippen molar-refractivity contribution in [3.05, 3.63) is 0 Å². The number of aliphatic carboxylic acids is 1. The lowest BCUT2D eigenvalue weighted by Gasteiger charge is -2.37. The zero-order valence-corrected chi connectivity index (χ0v) is 11.4. The number of carboxylic acid groups (broad SMARTS) is 1. The number of rotatable bonds is 4. The molecule has 2 amide bonds. The van der Waals surface area contributed by atoms with Crippen molar-refractivity contribution < 1.29 is 19.5 Å². The lowest BCUT2D eigenvalue weighted by molar-refractivity contribution is -0.154. The summed E-state index contributed by atoms with van der Waals surface area (Å²) in [7, 11) is 0. The second-order valence-corrected chi connectivity index (χ2v) is 6.03. The first-order valence-electron chi connectivity index (χ1n) is 7.00. The highest BCUT2D eigenvalue weighted by Gasteiger charge is 2.44. The highest BCUT2D eigenvalue weighted by atomic mass is 16.4. The van der Waals surface area contributed by atoms with Gasteiger partial charge in [0.25, 0.3) is 0 Å². The maximum absolute atomic E-state index is 12.1. The number of piperidine rings is 1. The maximum atomic E-state index is 12.1. The third-order valence-electron chi connectivity index (χ3n) is 4.53. The van der Waals surface area contributed by atoms with Crippen LogP contribution in [0.25, 0.3) is 0 Å². The Hall–Kier alpha value is -1.39. The van der Waals surface area contributed by atoms with E-state index in [1.165, 1.54) is 4.90 Å². The van der Waals surface area contributed by atoms with Crippen molar-refractivity contribution in [2.24, 2.45) is 11.3 Å². The summed E-state index contributed by atoms with van der Waals surface area (Å²) >= 11 is 0. The normalized spacial score (nSPS) is 23.9. The number of nitrogens with zero attached hydrogens (tertiary/aromatic N) is 1. The van der Waals surface area contributed by atoms with Gasteiger partial charge >= 0.3 is 5.97 Å². The number of likely N-dealkylation sites (tertiary alicyclic amines) is 1. The minimum atomic E-state index is -0.885. The highest BCUT2D eigenvalue weighted by Crippen LogP contribution is 2.46. The maximum Gasteiger partial charge on any atom is 0.306 e. The molecule has 1 aliphatic carbocycles. The van der Waals surface area contributed by atoms with Gasteiger partial charge in [0.05, 0.1) is 5.92 Å². The molecule has 0 aromatic carbocycles. The summed E-state index contributed by atoms with van der Waals surface area (Å²) in [6.45, 7) is 1.83. The number of hydrogen-bond acceptors (Lipinski definition) is 3. The monoisotopic (exact) mass is 267 g/mol. The van der Waals surface area contributed by atoms with Gasteiger partial charge in [-0.2, -0.15) is 0 Å². The molecule has 19 heavy (non-hydrogen) atoms. The molecule has 1 atom stereocenters. The Morgan fingerprint density at radius 2 is 1.79 bits per heavy atom. The summed E-state index contributed by atoms with van der Waals surface area (Å²) in [5.74, 6) is -1.64. The molecule has 0 bridgehead atoms. The van der Waals surface area contributed by atoms with Crippen LogP contribution in [-0.2, 0) is 14.4 Å². The molecule has 2 rings (SSSR count). The number of hydrogen-bond donors (Lipinski definition) is 1. The highest BCUT2D eigenvalue weighted by molar-refractivity contribution is 5.98. The van der Waals surface area contributed by atoms with Crippen LogP contribution in [-0.4, -0.2) is 34.3 Å². The Morgan fingerprint density at radius 1 is 1.26 bits per heavy atom. The van der Waals surface area contributed by atoms with Gasteiger partial charge in [0.15, 0.2) is 0 Å². The van der Waals surface area contributed by atoms with E-state index < -0.39 is 11.9 Å². The van der Waals surface area contributed by atoms with Crippen molar-refractivity contribution in [3.63, 3.8) is 0 Å². The third kappa shape index (κ3) is 2.96. The van der Waals surface area contributed by atoms with Gasteiger partial charge in [-0.15, -0.1) is 0 Å². The standard InChI is InChI=1S/C14H21NO4/c1-10(13(18)19)4-7-15-11(16)8-14(9-12(15)17)5-2-3-6-14/h10H,2-9H2,1H3,(H,18,19). The van der Waals surface area contributed by atoms with Gasteiger partial charge < -0.3 is 5.11 Å². The number of carboxylic acids is 1. The van der Waals surface area contributed by atoms with E-state index >= 15 is 0 Å². The van der Waals surface area contributed by atoms with Gasteiger partial charge in [0.1, 0.15) is 0 Å². The van der Waals surface area contributed by atoms with Crippen molar-refractivity contribution in [2.45, 2.75) is 51.9 Å². The van der Waals surface area contributed by atoms with E-state index in [0.717, 1.165) is 25.7 Å². The third-order valence-corrected chi connectivity index (χ3v) is 4.53. The van der Waals surface area contributed by atoms with Crippen LogP contribution >= 0.6 is 0 Å². The molecule has 2 aliphatic rings. The topological polar surface area (TPSA) is 74.7 Å². The summed E-state index contributed by atoms with van der Waals surface area (Å²) in [6.07, 6.45) is 5.42. The largest absolute Gasteiger partial charge is 0.481 e. The van der Waals surface area contributed by atoms with Crippen molar-refractivity contribution in [1.29, 1.82) is 0 Å². The van der Waals surface area contributed by atoms with E-state index in [-0.39, 0.29) is 23.8 Å². The summed E-state index contributed by atoms with van der Waals surface area (Å²) in [6, 6.07) is 0. The Kier molecular flexibility index (Phi) is 3.92. The molecule has 0 radical (unpaired) electrons. The van der Waals surface area contributed by atoms with Crippen LogP contribution < -0.4 is 0 Å². The molecule has 1 heterocycles. The predicted octanol–water partition coefficient (Wildman–Crippen LogP) is 1.81. The fraction of sp³-hybridized carbons (Fsp3) is 0.786. The van der Waals surface area contributed by atoms with Crippen LogP contribution in [0.2, 0.25) is 0 Å². The lowest BCUT2D eigenvalue weighted by Crippen LogP contribution is -2.47. The van der Waals surface area contributed by atoms with Gasteiger partial charge in [-0.1, -0.05) is 19.8 Å². The molecule has 1 saturated heterocycles. The molecule has 0 aromatic rings. The Balaban J connectivity index is 1.94. The van der Waals surface area contributed by atoms with Gasteiger partial charge in [0, 0.05) is 19.4 Å². The van der Waals surface area contributed by atoms with Crippen LogP contribution in [0.4, 0.5) is 0 Å². The summed E-state index contributed by atoms with van der Waals surface area (Å²) in [4.78, 5) is 36.2. The van der Waals surface area contributed by atoms with Gasteiger partial charge in [-0.25, -0.2) is 0 Å². The summed E-state index contributed by atoms with van der Waals surface area (Å²) in [5.41, 5.74) is -0.0803.